The van der Waals surface area contributed by atoms with Crippen LogP contribution < -0.4 is 5.32 Å². The van der Waals surface area contributed by atoms with Crippen LogP contribution in [0, 0.1) is 0 Å². The van der Waals surface area contributed by atoms with Gasteiger partial charge in [-0.2, -0.15) is 9.61 Å². The van der Waals surface area contributed by atoms with Gasteiger partial charge in [-0.15, -0.1) is 10.2 Å². The maximum absolute atomic E-state index is 5.96. The van der Waals surface area contributed by atoms with Crippen LogP contribution in [0.5, 0.6) is 0 Å². The molecule has 6 nitrogen and oxygen atoms in total. The molecule has 0 saturated heterocycles. The molecule has 0 atom stereocenters. The zero-order chi connectivity index (χ0) is 15.8. The zero-order valence-electron chi connectivity index (χ0n) is 12.1. The van der Waals surface area contributed by atoms with E-state index in [1.807, 2.05) is 37.4 Å². The Morgan fingerprint density at radius 1 is 1.17 bits per heavy atom. The molecule has 0 radical (unpaired) electrons. The standard InChI is InChI=1S/C15H11ClN6S/c1-17-11-5-3-2-4-10(11)13-19-20-15-22(13)21-14(23-15)9-6-7-18-12(16)8-9/h2-8,17H,1H3. The molecular weight excluding hydrogens is 332 g/mol. The second kappa shape index (κ2) is 5.60. The topological polar surface area (TPSA) is 68.0 Å². The van der Waals surface area contributed by atoms with Crippen LogP contribution in [0.2, 0.25) is 5.15 Å². The van der Waals surface area contributed by atoms with Gasteiger partial charge in [-0.3, -0.25) is 0 Å². The summed E-state index contributed by atoms with van der Waals surface area (Å²) in [5.74, 6) is 0.701. The minimum Gasteiger partial charge on any atom is -0.388 e. The van der Waals surface area contributed by atoms with E-state index in [2.05, 4.69) is 25.6 Å². The minimum atomic E-state index is 0.439. The average molecular weight is 343 g/mol. The Morgan fingerprint density at radius 3 is 2.87 bits per heavy atom. The average Bonchev–Trinajstić information content (AvgIpc) is 3.15. The molecule has 0 unspecified atom stereocenters. The zero-order valence-corrected chi connectivity index (χ0v) is 13.6. The monoisotopic (exact) mass is 342 g/mol. The van der Waals surface area contributed by atoms with Gasteiger partial charge < -0.3 is 5.32 Å². The van der Waals surface area contributed by atoms with Crippen molar-refractivity contribution in [3.05, 3.63) is 47.7 Å². The molecule has 3 aromatic heterocycles. The van der Waals surface area contributed by atoms with Gasteiger partial charge in [-0.05, 0) is 24.3 Å². The summed E-state index contributed by atoms with van der Waals surface area (Å²) in [5.41, 5.74) is 2.84. The fourth-order valence-corrected chi connectivity index (χ4v) is 3.34. The molecule has 0 aliphatic carbocycles. The normalized spacial score (nSPS) is 11.0. The third kappa shape index (κ3) is 2.43. The van der Waals surface area contributed by atoms with E-state index in [1.54, 1.807) is 16.8 Å². The summed E-state index contributed by atoms with van der Waals surface area (Å²) in [6.45, 7) is 0. The van der Waals surface area contributed by atoms with Crippen LogP contribution in [0.15, 0.2) is 42.6 Å². The molecule has 0 amide bonds. The largest absolute Gasteiger partial charge is 0.388 e. The number of nitrogens with zero attached hydrogens (tertiary/aromatic N) is 5. The molecular formula is C15H11ClN6S. The first kappa shape index (κ1) is 14.1. The van der Waals surface area contributed by atoms with Gasteiger partial charge in [0.2, 0.25) is 4.96 Å². The lowest BCUT2D eigenvalue weighted by molar-refractivity contribution is 0.970. The van der Waals surface area contributed by atoms with Crippen LogP contribution in [0.1, 0.15) is 0 Å². The van der Waals surface area contributed by atoms with Gasteiger partial charge in [-0.1, -0.05) is 35.1 Å². The predicted molar refractivity (Wildman–Crippen MR) is 91.9 cm³/mol. The number of hydrogen-bond donors (Lipinski definition) is 1. The Hall–Kier alpha value is -2.51. The van der Waals surface area contributed by atoms with Gasteiger partial charge in [0.15, 0.2) is 5.82 Å². The number of benzene rings is 1. The second-order valence-corrected chi connectivity index (χ2v) is 6.13. The van der Waals surface area contributed by atoms with Crippen LogP contribution in [-0.2, 0) is 0 Å². The molecule has 4 aromatic rings. The number of aromatic nitrogens is 5. The summed E-state index contributed by atoms with van der Waals surface area (Å²) in [5, 5.41) is 17.6. The van der Waals surface area contributed by atoms with Crippen molar-refractivity contribution in [2.24, 2.45) is 0 Å². The summed E-state index contributed by atoms with van der Waals surface area (Å²) in [4.78, 5) is 4.72. The molecule has 3 heterocycles. The lowest BCUT2D eigenvalue weighted by Gasteiger charge is -2.05. The van der Waals surface area contributed by atoms with Crippen molar-refractivity contribution in [3.8, 4) is 22.0 Å². The Labute approximate surface area is 140 Å². The predicted octanol–water partition coefficient (Wildman–Crippen LogP) is 3.61. The highest BCUT2D eigenvalue weighted by Crippen LogP contribution is 2.31. The molecule has 0 bridgehead atoms. The SMILES string of the molecule is CNc1ccccc1-c1nnc2sc(-c3ccnc(Cl)c3)nn12. The van der Waals surface area contributed by atoms with E-state index < -0.39 is 0 Å². The van der Waals surface area contributed by atoms with Gasteiger partial charge >= 0.3 is 0 Å². The number of rotatable bonds is 3. The van der Waals surface area contributed by atoms with Gasteiger partial charge in [0.25, 0.3) is 0 Å². The van der Waals surface area contributed by atoms with E-state index in [1.165, 1.54) is 11.3 Å². The molecule has 0 aliphatic rings. The number of anilines is 1. The fourth-order valence-electron chi connectivity index (χ4n) is 2.33. The summed E-state index contributed by atoms with van der Waals surface area (Å²) >= 11 is 7.42. The summed E-state index contributed by atoms with van der Waals surface area (Å²) in [7, 11) is 1.88. The van der Waals surface area contributed by atoms with Crippen molar-refractivity contribution < 1.29 is 0 Å². The number of para-hydroxylation sites is 1. The Kier molecular flexibility index (Phi) is 3.44. The number of nitrogens with one attached hydrogen (secondary N) is 1. The lowest BCUT2D eigenvalue weighted by Crippen LogP contribution is -1.96. The van der Waals surface area contributed by atoms with Crippen LogP contribution in [0.3, 0.4) is 0 Å². The van der Waals surface area contributed by atoms with Crippen molar-refractivity contribution >= 4 is 33.6 Å². The fraction of sp³-hybridized carbons (Fsp3) is 0.0667. The number of hydrogen-bond acceptors (Lipinski definition) is 6. The second-order valence-electron chi connectivity index (χ2n) is 4.79. The first-order valence-electron chi connectivity index (χ1n) is 6.87. The number of fused-ring (bicyclic) bond motifs is 1. The van der Waals surface area contributed by atoms with Gasteiger partial charge in [0.05, 0.1) is 0 Å². The van der Waals surface area contributed by atoms with Crippen LogP contribution in [0.4, 0.5) is 5.69 Å². The van der Waals surface area contributed by atoms with E-state index in [0.717, 1.165) is 26.8 Å². The Morgan fingerprint density at radius 2 is 2.04 bits per heavy atom. The third-order valence-corrected chi connectivity index (χ3v) is 4.56. The quantitative estimate of drug-likeness (QED) is 0.576. The first-order valence-corrected chi connectivity index (χ1v) is 8.07. The van der Waals surface area contributed by atoms with E-state index in [-0.39, 0.29) is 0 Å². The van der Waals surface area contributed by atoms with E-state index in [4.69, 9.17) is 11.6 Å². The molecule has 23 heavy (non-hydrogen) atoms. The molecule has 0 fully saturated rings. The maximum Gasteiger partial charge on any atom is 0.235 e. The van der Waals surface area contributed by atoms with E-state index in [9.17, 15) is 0 Å². The Bertz CT molecular complexity index is 992. The molecule has 1 N–H and O–H groups in total. The third-order valence-electron chi connectivity index (χ3n) is 3.40. The molecule has 114 valence electrons. The van der Waals surface area contributed by atoms with Crippen LogP contribution >= 0.6 is 22.9 Å². The molecule has 1 aromatic carbocycles. The molecule has 0 saturated carbocycles. The highest BCUT2D eigenvalue weighted by atomic mass is 35.5. The lowest BCUT2D eigenvalue weighted by atomic mass is 10.1. The number of pyridine rings is 1. The van der Waals surface area contributed by atoms with Gasteiger partial charge in [-0.25, -0.2) is 4.98 Å². The van der Waals surface area contributed by atoms with Gasteiger partial charge in [0.1, 0.15) is 10.2 Å². The van der Waals surface area contributed by atoms with Crippen molar-refractivity contribution in [1.82, 2.24) is 24.8 Å². The summed E-state index contributed by atoms with van der Waals surface area (Å²) in [6.07, 6.45) is 1.66. The smallest absolute Gasteiger partial charge is 0.235 e. The van der Waals surface area contributed by atoms with E-state index >= 15 is 0 Å². The van der Waals surface area contributed by atoms with Crippen molar-refractivity contribution in [2.75, 3.05) is 12.4 Å². The first-order chi connectivity index (χ1) is 11.3. The van der Waals surface area contributed by atoms with E-state index in [0.29, 0.717) is 11.0 Å². The van der Waals surface area contributed by atoms with Crippen molar-refractivity contribution in [3.63, 3.8) is 0 Å². The van der Waals surface area contributed by atoms with Crippen molar-refractivity contribution in [1.29, 1.82) is 0 Å². The van der Waals surface area contributed by atoms with Crippen molar-refractivity contribution in [2.45, 2.75) is 0 Å². The minimum absolute atomic E-state index is 0.439. The van der Waals surface area contributed by atoms with Gasteiger partial charge in [0, 0.05) is 30.1 Å². The summed E-state index contributed by atoms with van der Waals surface area (Å²) < 4.78 is 1.75. The van der Waals surface area contributed by atoms with Crippen LogP contribution in [-0.4, -0.2) is 31.8 Å². The Balaban J connectivity index is 1.87. The molecule has 4 rings (SSSR count). The van der Waals surface area contributed by atoms with Crippen LogP contribution in [0.25, 0.3) is 26.9 Å². The maximum atomic E-state index is 5.96. The molecule has 0 aliphatic heterocycles. The molecule has 8 heteroatoms. The molecule has 0 spiro atoms. The summed E-state index contributed by atoms with van der Waals surface area (Å²) in [6, 6.07) is 11.6. The highest BCUT2D eigenvalue weighted by Gasteiger charge is 2.16. The highest BCUT2D eigenvalue weighted by molar-refractivity contribution is 7.19. The number of halogens is 1.